The molecule has 2 aliphatic heterocycles. The Balaban J connectivity index is 1.16. The van der Waals surface area contributed by atoms with Crippen molar-refractivity contribution < 1.29 is 9.31 Å². The smallest absolute Gasteiger partial charge is 0.399 e. The number of hydrogen-bond donors (Lipinski definition) is 1. The van der Waals surface area contributed by atoms with Gasteiger partial charge in [0.25, 0.3) is 0 Å². The molecule has 6 heteroatoms. The molecular weight excluding hydrogens is 517 g/mol. The van der Waals surface area contributed by atoms with Crippen LogP contribution in [-0.4, -0.2) is 46.8 Å². The van der Waals surface area contributed by atoms with Crippen molar-refractivity contribution in [2.24, 2.45) is 0 Å². The molecule has 1 aromatic heterocycles. The first kappa shape index (κ1) is 26.0. The Morgan fingerprint density at radius 2 is 1.31 bits per heavy atom. The fourth-order valence-electron chi connectivity index (χ4n) is 9.86. The molecule has 0 amide bonds. The van der Waals surface area contributed by atoms with Crippen molar-refractivity contribution in [3.05, 3.63) is 58.5 Å². The topological polar surface area (TPSA) is 50.4 Å². The number of fused-ring (bicyclic) bond motifs is 10. The highest BCUT2D eigenvalue weighted by molar-refractivity contribution is 6.62. The summed E-state index contributed by atoms with van der Waals surface area (Å²) in [5.74, 6) is 3.79. The summed E-state index contributed by atoms with van der Waals surface area (Å²) in [5, 5.41) is 0. The summed E-state index contributed by atoms with van der Waals surface area (Å²) in [6.07, 6.45) is 12.4. The highest BCUT2D eigenvalue weighted by atomic mass is 16.7. The molecule has 218 valence electrons. The number of nitrogens with one attached hydrogen (secondary N) is 1. The van der Waals surface area contributed by atoms with E-state index in [4.69, 9.17) is 14.3 Å². The van der Waals surface area contributed by atoms with Gasteiger partial charge in [-0.25, -0.2) is 4.98 Å². The van der Waals surface area contributed by atoms with E-state index < -0.39 is 0 Å². The van der Waals surface area contributed by atoms with Crippen LogP contribution in [0.1, 0.15) is 137 Å². The Kier molecular flexibility index (Phi) is 5.47. The number of likely N-dealkylation sites (tertiary alicyclic amines) is 1. The lowest BCUT2D eigenvalue weighted by Crippen LogP contribution is -2.41. The van der Waals surface area contributed by atoms with Gasteiger partial charge in [-0.1, -0.05) is 24.3 Å². The van der Waals surface area contributed by atoms with Crippen molar-refractivity contribution >= 4 is 12.6 Å². The number of aromatic amines is 1. The molecule has 42 heavy (non-hydrogen) atoms. The van der Waals surface area contributed by atoms with E-state index in [9.17, 15) is 0 Å². The lowest BCUT2D eigenvalue weighted by molar-refractivity contribution is 0.00578. The van der Waals surface area contributed by atoms with Gasteiger partial charge in [-0.15, -0.1) is 0 Å². The van der Waals surface area contributed by atoms with Crippen LogP contribution in [0.15, 0.2) is 30.5 Å². The predicted octanol–water partition coefficient (Wildman–Crippen LogP) is 7.54. The first-order chi connectivity index (χ1) is 20.2. The Labute approximate surface area is 250 Å². The minimum atomic E-state index is -0.323. The molecule has 4 bridgehead atoms. The standard InChI is InChI=1S/C36H44BN3O2/c1-35(2)36(3,4)42-37(41-35)27-15-14-25(31-21-10-11-23(18-21)33(27)31)24-12-13-26(32-22-9-8-20(17-22)30(24)32)28-19-38-34(39-28)29-7-6-16-40(29)5/h12-15,19-23,29H,6-11,16-18H2,1-5H3,(H,38,39). The van der Waals surface area contributed by atoms with Gasteiger partial charge in [0.2, 0.25) is 0 Å². The maximum atomic E-state index is 6.62. The van der Waals surface area contributed by atoms with Crippen LogP contribution < -0.4 is 5.46 Å². The molecule has 0 spiro atoms. The molecule has 5 unspecified atom stereocenters. The van der Waals surface area contributed by atoms with E-state index in [-0.39, 0.29) is 18.3 Å². The lowest BCUT2D eigenvalue weighted by atomic mass is 9.69. The van der Waals surface area contributed by atoms with Gasteiger partial charge in [-0.2, -0.15) is 0 Å². The number of imidazole rings is 1. The van der Waals surface area contributed by atoms with Crippen LogP contribution in [0, 0.1) is 0 Å². The first-order valence-electron chi connectivity index (χ1n) is 16.6. The van der Waals surface area contributed by atoms with E-state index in [0.717, 1.165) is 12.4 Å². The summed E-state index contributed by atoms with van der Waals surface area (Å²) in [4.78, 5) is 11.1. The molecule has 5 nitrogen and oxygen atoms in total. The van der Waals surface area contributed by atoms with Gasteiger partial charge in [0.1, 0.15) is 5.82 Å². The maximum absolute atomic E-state index is 6.62. The summed E-state index contributed by atoms with van der Waals surface area (Å²) in [6.45, 7) is 9.84. The number of aromatic nitrogens is 2. The predicted molar refractivity (Wildman–Crippen MR) is 168 cm³/mol. The molecule has 0 radical (unpaired) electrons. The van der Waals surface area contributed by atoms with E-state index in [0.29, 0.717) is 29.7 Å². The van der Waals surface area contributed by atoms with Crippen LogP contribution >= 0.6 is 0 Å². The number of hydrogen-bond acceptors (Lipinski definition) is 4. The normalized spacial score (nSPS) is 31.8. The molecule has 6 aliphatic rings. The lowest BCUT2D eigenvalue weighted by Gasteiger charge is -2.32. The first-order valence-corrected chi connectivity index (χ1v) is 16.6. The zero-order valence-electron chi connectivity index (χ0n) is 25.9. The molecule has 4 aliphatic carbocycles. The Bertz CT molecular complexity index is 1590. The van der Waals surface area contributed by atoms with Crippen LogP contribution in [0.4, 0.5) is 0 Å². The van der Waals surface area contributed by atoms with Crippen LogP contribution in [-0.2, 0) is 9.31 Å². The molecular formula is C36H44BN3O2. The molecule has 9 rings (SSSR count). The van der Waals surface area contributed by atoms with Crippen LogP contribution in [0.5, 0.6) is 0 Å². The van der Waals surface area contributed by atoms with Gasteiger partial charge >= 0.3 is 7.12 Å². The molecule has 2 aromatic carbocycles. The second-order valence-electron chi connectivity index (χ2n) is 15.3. The van der Waals surface area contributed by atoms with Crippen molar-refractivity contribution in [1.82, 2.24) is 14.9 Å². The van der Waals surface area contributed by atoms with Crippen molar-refractivity contribution in [3.63, 3.8) is 0 Å². The minimum absolute atomic E-state index is 0.283. The third kappa shape index (κ3) is 3.52. The van der Waals surface area contributed by atoms with Gasteiger partial charge in [-0.3, -0.25) is 4.90 Å². The quantitative estimate of drug-likeness (QED) is 0.335. The highest BCUT2D eigenvalue weighted by Gasteiger charge is 2.54. The zero-order valence-corrected chi connectivity index (χ0v) is 25.9. The fraction of sp³-hybridized carbons (Fsp3) is 0.583. The Morgan fingerprint density at radius 1 is 0.762 bits per heavy atom. The summed E-state index contributed by atoms with van der Waals surface area (Å²) in [6, 6.07) is 10.1. The van der Waals surface area contributed by atoms with Crippen molar-refractivity contribution in [2.75, 3.05) is 13.6 Å². The van der Waals surface area contributed by atoms with E-state index >= 15 is 0 Å². The van der Waals surface area contributed by atoms with Gasteiger partial charge in [-0.05, 0) is 155 Å². The summed E-state index contributed by atoms with van der Waals surface area (Å²) >= 11 is 0. The molecule has 3 heterocycles. The van der Waals surface area contributed by atoms with Gasteiger partial charge in [0, 0.05) is 5.56 Å². The Morgan fingerprint density at radius 3 is 1.93 bits per heavy atom. The van der Waals surface area contributed by atoms with Gasteiger partial charge in [0.05, 0.1) is 29.1 Å². The average molecular weight is 562 g/mol. The SMILES string of the molecule is CN1CCCC1c1ncc(-c2ccc(-c3ccc(B4OC(C)(C)C(C)(C)O4)c4c3C3CCC4C3)c3c2C2CCC3C2)[nH]1. The van der Waals surface area contributed by atoms with Gasteiger partial charge < -0.3 is 14.3 Å². The fourth-order valence-corrected chi connectivity index (χ4v) is 9.86. The molecule has 4 fully saturated rings. The van der Waals surface area contributed by atoms with Crippen LogP contribution in [0.2, 0.25) is 0 Å². The average Bonchev–Trinajstić information content (AvgIpc) is 3.81. The van der Waals surface area contributed by atoms with E-state index in [1.54, 1.807) is 22.3 Å². The van der Waals surface area contributed by atoms with E-state index in [1.807, 2.05) is 0 Å². The summed E-state index contributed by atoms with van der Waals surface area (Å²) in [7, 11) is 1.95. The van der Waals surface area contributed by atoms with Crippen molar-refractivity contribution in [1.29, 1.82) is 0 Å². The number of rotatable bonds is 4. The molecule has 3 aromatic rings. The Hall–Kier alpha value is -2.41. The molecule has 2 saturated carbocycles. The van der Waals surface area contributed by atoms with Crippen LogP contribution in [0.25, 0.3) is 22.4 Å². The number of nitrogens with zero attached hydrogens (tertiary/aromatic N) is 2. The van der Waals surface area contributed by atoms with E-state index in [1.165, 1.54) is 79.2 Å². The monoisotopic (exact) mass is 561 g/mol. The molecule has 5 atom stereocenters. The third-order valence-electron chi connectivity index (χ3n) is 12.6. The maximum Gasteiger partial charge on any atom is 0.495 e. The van der Waals surface area contributed by atoms with Crippen LogP contribution in [0.3, 0.4) is 0 Å². The minimum Gasteiger partial charge on any atom is -0.399 e. The number of benzene rings is 2. The highest BCUT2D eigenvalue weighted by Crippen LogP contribution is 2.61. The third-order valence-corrected chi connectivity index (χ3v) is 12.6. The zero-order chi connectivity index (χ0) is 28.5. The molecule has 2 saturated heterocycles. The summed E-state index contributed by atoms with van der Waals surface area (Å²) in [5.41, 5.74) is 12.7. The van der Waals surface area contributed by atoms with Gasteiger partial charge in [0.15, 0.2) is 0 Å². The molecule has 1 N–H and O–H groups in total. The number of H-pyrrole nitrogens is 1. The summed E-state index contributed by atoms with van der Waals surface area (Å²) < 4.78 is 13.2. The van der Waals surface area contributed by atoms with E-state index in [2.05, 4.69) is 75.1 Å². The second kappa shape index (κ2) is 8.83. The van der Waals surface area contributed by atoms with Crippen molar-refractivity contribution in [3.8, 4) is 22.4 Å². The second-order valence-corrected chi connectivity index (χ2v) is 15.3. The van der Waals surface area contributed by atoms with Crippen molar-refractivity contribution in [2.45, 2.75) is 120 Å². The largest absolute Gasteiger partial charge is 0.495 e.